The van der Waals surface area contributed by atoms with Crippen LogP contribution in [0.25, 0.3) is 0 Å². The van der Waals surface area contributed by atoms with E-state index in [0.717, 1.165) is 0 Å². The second kappa shape index (κ2) is 3.50. The van der Waals surface area contributed by atoms with E-state index >= 15 is 0 Å². The number of hydrogen-bond donors (Lipinski definition) is 1. The Kier molecular flexibility index (Phi) is 2.98. The molecule has 0 aliphatic carbocycles. The van der Waals surface area contributed by atoms with Crippen molar-refractivity contribution in [2.24, 2.45) is 0 Å². The molecule has 5 heteroatoms. The van der Waals surface area contributed by atoms with Crippen LogP contribution in [0.4, 0.5) is 16.1 Å². The highest BCUT2D eigenvalue weighted by molar-refractivity contribution is 5.44. The van der Waals surface area contributed by atoms with Crippen LogP contribution >= 0.6 is 0 Å². The number of non-ortho nitro benzene ring substituents is 1. The molecule has 0 unspecified atom stereocenters. The molecule has 11 heavy (non-hydrogen) atoms. The van der Waals surface area contributed by atoms with Crippen molar-refractivity contribution in [2.75, 3.05) is 5.73 Å². The van der Waals surface area contributed by atoms with Gasteiger partial charge in [0.25, 0.3) is 5.69 Å². The van der Waals surface area contributed by atoms with Gasteiger partial charge < -0.3 is 5.73 Å². The van der Waals surface area contributed by atoms with Gasteiger partial charge in [-0.05, 0) is 12.1 Å². The van der Waals surface area contributed by atoms with Gasteiger partial charge in [-0.1, -0.05) is 0 Å². The van der Waals surface area contributed by atoms with Gasteiger partial charge in [-0.25, -0.2) is 0 Å². The molecule has 1 rings (SSSR count). The summed E-state index contributed by atoms with van der Waals surface area (Å²) in [7, 11) is 0. The van der Waals surface area contributed by atoms with Crippen molar-refractivity contribution in [1.29, 1.82) is 0 Å². The van der Waals surface area contributed by atoms with Gasteiger partial charge in [-0.15, -0.1) is 0 Å². The van der Waals surface area contributed by atoms with E-state index in [4.69, 9.17) is 5.73 Å². The third-order valence-electron chi connectivity index (χ3n) is 1.10. The van der Waals surface area contributed by atoms with Crippen molar-refractivity contribution in [3.63, 3.8) is 0 Å². The number of nitrogen functional groups attached to an aromatic ring is 1. The van der Waals surface area contributed by atoms with E-state index in [9.17, 15) is 10.1 Å². The Bertz CT molecular complexity index is 247. The monoisotopic (exact) mass is 158 g/mol. The second-order valence-electron chi connectivity index (χ2n) is 1.85. The molecule has 0 saturated carbocycles. The SMILES string of the molecule is F.Nc1ccc([N+](=O)[O-])cc1. The van der Waals surface area contributed by atoms with Crippen molar-refractivity contribution < 1.29 is 9.63 Å². The van der Waals surface area contributed by atoms with E-state index < -0.39 is 4.92 Å². The fourth-order valence-corrected chi connectivity index (χ4v) is 0.596. The van der Waals surface area contributed by atoms with E-state index in [0.29, 0.717) is 5.69 Å². The lowest BCUT2D eigenvalue weighted by molar-refractivity contribution is -0.384. The van der Waals surface area contributed by atoms with Crippen molar-refractivity contribution >= 4 is 11.4 Å². The van der Waals surface area contributed by atoms with Crippen LogP contribution in [-0.2, 0) is 0 Å². The number of benzene rings is 1. The predicted octanol–water partition coefficient (Wildman–Crippen LogP) is 1.33. The fourth-order valence-electron chi connectivity index (χ4n) is 0.596. The normalized spacial score (nSPS) is 8.36. The summed E-state index contributed by atoms with van der Waals surface area (Å²) in [4.78, 5) is 9.62. The second-order valence-corrected chi connectivity index (χ2v) is 1.85. The van der Waals surface area contributed by atoms with Crippen LogP contribution < -0.4 is 5.73 Å². The minimum atomic E-state index is -0.459. The van der Waals surface area contributed by atoms with Gasteiger partial charge in [0.05, 0.1) is 4.92 Å². The highest BCUT2D eigenvalue weighted by Gasteiger charge is 2.00. The zero-order valence-electron chi connectivity index (χ0n) is 5.56. The average molecular weight is 158 g/mol. The number of anilines is 1. The molecule has 1 aromatic rings. The van der Waals surface area contributed by atoms with Gasteiger partial charge in [0, 0.05) is 17.8 Å². The van der Waals surface area contributed by atoms with Crippen LogP contribution in [0.2, 0.25) is 0 Å². The summed E-state index contributed by atoms with van der Waals surface area (Å²) >= 11 is 0. The molecule has 1 aromatic carbocycles. The van der Waals surface area contributed by atoms with E-state index in [-0.39, 0.29) is 10.4 Å². The van der Waals surface area contributed by atoms with E-state index in [1.54, 1.807) is 0 Å². The Balaban J connectivity index is 0.000001000. The molecule has 0 aliphatic heterocycles. The highest BCUT2D eigenvalue weighted by Crippen LogP contribution is 2.11. The number of hydrogen-bond acceptors (Lipinski definition) is 3. The highest BCUT2D eigenvalue weighted by atomic mass is 19.0. The quantitative estimate of drug-likeness (QED) is 0.380. The Morgan fingerprint density at radius 2 is 1.73 bits per heavy atom. The Hall–Kier alpha value is -1.65. The molecule has 60 valence electrons. The lowest BCUT2D eigenvalue weighted by atomic mass is 10.3. The smallest absolute Gasteiger partial charge is 0.269 e. The maximum absolute atomic E-state index is 10.1. The molecule has 0 spiro atoms. The molecule has 0 saturated heterocycles. The lowest BCUT2D eigenvalue weighted by Crippen LogP contribution is -1.88. The van der Waals surface area contributed by atoms with Crippen LogP contribution in [0.5, 0.6) is 0 Å². The number of nitrogens with two attached hydrogens (primary N) is 1. The lowest BCUT2D eigenvalue weighted by Gasteiger charge is -1.90. The zero-order valence-corrected chi connectivity index (χ0v) is 5.56. The molecule has 0 radical (unpaired) electrons. The number of rotatable bonds is 1. The van der Waals surface area contributed by atoms with E-state index in [1.165, 1.54) is 24.3 Å². The molecule has 0 aliphatic rings. The largest absolute Gasteiger partial charge is 0.399 e. The molecular weight excluding hydrogens is 151 g/mol. The molecule has 0 aromatic heterocycles. The van der Waals surface area contributed by atoms with Crippen molar-refractivity contribution in [3.8, 4) is 0 Å². The summed E-state index contributed by atoms with van der Waals surface area (Å²) in [6, 6.07) is 5.74. The van der Waals surface area contributed by atoms with Gasteiger partial charge >= 0.3 is 0 Å². The molecule has 2 N–H and O–H groups in total. The molecule has 0 amide bonds. The van der Waals surface area contributed by atoms with Gasteiger partial charge in [0.1, 0.15) is 0 Å². The molecule has 0 heterocycles. The van der Waals surface area contributed by atoms with Gasteiger partial charge in [-0.3, -0.25) is 14.8 Å². The third kappa shape index (κ3) is 2.21. The first kappa shape index (κ1) is 9.35. The van der Waals surface area contributed by atoms with Gasteiger partial charge in [-0.2, -0.15) is 0 Å². The van der Waals surface area contributed by atoms with Crippen molar-refractivity contribution in [1.82, 2.24) is 0 Å². The minimum absolute atomic E-state index is 0. The summed E-state index contributed by atoms with van der Waals surface area (Å²) in [5.41, 5.74) is 5.90. The number of nitro groups is 1. The third-order valence-corrected chi connectivity index (χ3v) is 1.10. The van der Waals surface area contributed by atoms with Crippen LogP contribution in [0.3, 0.4) is 0 Å². The van der Waals surface area contributed by atoms with Crippen LogP contribution in [0, 0.1) is 10.1 Å². The molecule has 0 fully saturated rings. The first-order valence-electron chi connectivity index (χ1n) is 2.70. The zero-order chi connectivity index (χ0) is 7.56. The topological polar surface area (TPSA) is 69.2 Å². The average Bonchev–Trinajstić information content (AvgIpc) is 1.88. The molecule has 4 nitrogen and oxygen atoms in total. The Labute approximate surface area is 62.2 Å². The first-order chi connectivity index (χ1) is 4.70. The van der Waals surface area contributed by atoms with Gasteiger partial charge in [0.15, 0.2) is 0 Å². The van der Waals surface area contributed by atoms with Crippen molar-refractivity contribution in [3.05, 3.63) is 34.4 Å². The van der Waals surface area contributed by atoms with Crippen molar-refractivity contribution in [2.45, 2.75) is 0 Å². The summed E-state index contributed by atoms with van der Waals surface area (Å²) in [6.07, 6.45) is 0. The molecular formula is C6H7FN2O2. The van der Waals surface area contributed by atoms with Gasteiger partial charge in [0.2, 0.25) is 0 Å². The van der Waals surface area contributed by atoms with Crippen LogP contribution in [0.15, 0.2) is 24.3 Å². The minimum Gasteiger partial charge on any atom is -0.399 e. The fraction of sp³-hybridized carbons (Fsp3) is 0. The summed E-state index contributed by atoms with van der Waals surface area (Å²) in [5, 5.41) is 10.1. The van der Waals surface area contributed by atoms with Crippen LogP contribution in [-0.4, -0.2) is 4.92 Å². The van der Waals surface area contributed by atoms with Crippen LogP contribution in [0.1, 0.15) is 0 Å². The number of nitrogens with zero attached hydrogens (tertiary/aromatic N) is 1. The Morgan fingerprint density at radius 3 is 2.09 bits per heavy atom. The van der Waals surface area contributed by atoms with E-state index in [1.807, 2.05) is 0 Å². The Morgan fingerprint density at radius 1 is 1.27 bits per heavy atom. The molecule has 0 bridgehead atoms. The maximum Gasteiger partial charge on any atom is 0.269 e. The maximum atomic E-state index is 10.1. The summed E-state index contributed by atoms with van der Waals surface area (Å²) in [5.74, 6) is 0. The molecule has 0 atom stereocenters. The first-order valence-corrected chi connectivity index (χ1v) is 2.70. The number of nitro benzene ring substituents is 1. The summed E-state index contributed by atoms with van der Waals surface area (Å²) < 4.78 is 0. The predicted molar refractivity (Wildman–Crippen MR) is 40.0 cm³/mol. The number of halogens is 1. The standard InChI is InChI=1S/C6H6N2O2.FH/c7-5-1-3-6(4-2-5)8(9)10;/h1-4H,7H2;1H. The van der Waals surface area contributed by atoms with E-state index in [2.05, 4.69) is 0 Å². The summed E-state index contributed by atoms with van der Waals surface area (Å²) in [6.45, 7) is 0.